The molecule has 0 aromatic heterocycles. The number of alkyl halides is 26. The third-order valence-corrected chi connectivity index (χ3v) is 6.36. The van der Waals surface area contributed by atoms with Gasteiger partial charge in [-0.3, -0.25) is 9.05 Å². The predicted octanol–water partition coefficient (Wildman–Crippen LogP) is 9.54. The summed E-state index contributed by atoms with van der Waals surface area (Å²) >= 11 is 0. The molecule has 0 fully saturated rings. The van der Waals surface area contributed by atoms with Crippen LogP contribution in [-0.2, 0) is 13.6 Å². The molecule has 0 saturated carbocycles. The molecule has 0 atom stereocenters. The molecule has 32 heteroatoms. The molecule has 0 heterocycles. The lowest BCUT2D eigenvalue weighted by atomic mass is 9.93. The predicted molar refractivity (Wildman–Crippen MR) is 97.6 cm³/mol. The Morgan fingerprint density at radius 3 is 0.750 bits per heavy atom. The SMILES string of the molecule is N.O=P(O)(OCCC(F)(F)C(F)(F)C(F)(F)C(F)(F)C(F)(F)C(F)(F)F)OCCC(F)(F)C(F)(F)C(F)(F)C(F)(F)C(F)(F)C(F)(F)F. The van der Waals surface area contributed by atoms with Gasteiger partial charge in [-0.2, -0.15) is 114 Å². The summed E-state index contributed by atoms with van der Waals surface area (Å²) in [4.78, 5) is 8.95. The standard InChI is InChI=1S/C16H9F26O4P.H3N/c17-5(18,7(21,22)9(25,26)11(29,30)13(33,34)15(37,38)39)1-3-45-47(43,44)46-4-2-6(19,20)8(23,24)10(27,28)12(31,32)14(35,36)16(40,41)42;/h1-4H2,(H,43,44);1H3. The molecular formula is C16H12F26NO4P. The molecule has 0 aliphatic heterocycles. The average Bonchev–Trinajstić information content (AvgIpc) is 2.80. The lowest BCUT2D eigenvalue weighted by Gasteiger charge is -2.39. The topological polar surface area (TPSA) is 90.8 Å². The Morgan fingerprint density at radius 1 is 0.375 bits per heavy atom. The molecule has 0 radical (unpaired) electrons. The van der Waals surface area contributed by atoms with Crippen LogP contribution in [0.3, 0.4) is 0 Å². The van der Waals surface area contributed by atoms with Crippen molar-refractivity contribution in [3.63, 3.8) is 0 Å². The lowest BCUT2D eigenvalue weighted by Crippen LogP contribution is -2.70. The minimum atomic E-state index is -8.36. The molecule has 0 spiro atoms. The highest BCUT2D eigenvalue weighted by atomic mass is 31.2. The van der Waals surface area contributed by atoms with Crippen LogP contribution in [0.4, 0.5) is 114 Å². The Balaban J connectivity index is 0. The molecule has 0 amide bonds. The van der Waals surface area contributed by atoms with Crippen molar-refractivity contribution < 1.29 is 133 Å². The van der Waals surface area contributed by atoms with Crippen LogP contribution >= 0.6 is 7.82 Å². The third kappa shape index (κ3) is 7.62. The summed E-state index contributed by atoms with van der Waals surface area (Å²) in [5.74, 6) is -79.5. The summed E-state index contributed by atoms with van der Waals surface area (Å²) in [6.07, 6.45) is -22.3. The lowest BCUT2D eigenvalue weighted by molar-refractivity contribution is -0.440. The Labute approximate surface area is 245 Å². The molecule has 0 bridgehead atoms. The van der Waals surface area contributed by atoms with E-state index in [2.05, 4.69) is 9.05 Å². The van der Waals surface area contributed by atoms with Crippen LogP contribution in [0.2, 0.25) is 0 Å². The summed E-state index contributed by atoms with van der Waals surface area (Å²) < 4.78 is 355. The largest absolute Gasteiger partial charge is 0.472 e. The molecule has 0 unspecified atom stereocenters. The monoisotopic (exact) mass is 807 g/mol. The fourth-order valence-electron chi connectivity index (χ4n) is 2.53. The van der Waals surface area contributed by atoms with Gasteiger partial charge in [0.1, 0.15) is 0 Å². The van der Waals surface area contributed by atoms with Crippen LogP contribution in [0, 0.1) is 0 Å². The highest BCUT2D eigenvalue weighted by Crippen LogP contribution is 2.62. The van der Waals surface area contributed by atoms with E-state index in [0.717, 1.165) is 0 Å². The second-order valence-electron chi connectivity index (χ2n) is 8.63. The normalized spacial score (nSPS) is 16.2. The van der Waals surface area contributed by atoms with Crippen molar-refractivity contribution in [2.75, 3.05) is 13.2 Å². The number of phosphoric ester groups is 1. The summed E-state index contributed by atoms with van der Waals surface area (Å²) in [7, 11) is -6.58. The molecule has 4 N–H and O–H groups in total. The first-order chi connectivity index (χ1) is 19.9. The van der Waals surface area contributed by atoms with E-state index >= 15 is 0 Å². The number of rotatable bonds is 16. The van der Waals surface area contributed by atoms with Gasteiger partial charge < -0.3 is 11.0 Å². The van der Waals surface area contributed by atoms with Crippen molar-refractivity contribution >= 4 is 7.82 Å². The van der Waals surface area contributed by atoms with Gasteiger partial charge >= 0.3 is 79.4 Å². The quantitative estimate of drug-likeness (QED) is 0.120. The van der Waals surface area contributed by atoms with Crippen LogP contribution in [0.15, 0.2) is 0 Å². The summed E-state index contributed by atoms with van der Waals surface area (Å²) in [6.45, 7) is -5.59. The van der Waals surface area contributed by atoms with E-state index in [1.54, 1.807) is 0 Å². The molecule has 0 aromatic carbocycles. The number of phosphoric acid groups is 1. The van der Waals surface area contributed by atoms with Crippen LogP contribution < -0.4 is 6.15 Å². The molecule has 292 valence electrons. The fraction of sp³-hybridized carbons (Fsp3) is 1.00. The van der Waals surface area contributed by atoms with Gasteiger partial charge in [-0.15, -0.1) is 0 Å². The fourth-order valence-corrected chi connectivity index (χ4v) is 3.25. The van der Waals surface area contributed by atoms with E-state index in [9.17, 15) is 119 Å². The Kier molecular flexibility index (Phi) is 13.2. The molecule has 0 aliphatic rings. The van der Waals surface area contributed by atoms with E-state index in [4.69, 9.17) is 4.89 Å². The van der Waals surface area contributed by atoms with Crippen molar-refractivity contribution in [2.45, 2.75) is 84.4 Å². The number of hydrogen-bond acceptors (Lipinski definition) is 4. The zero-order valence-corrected chi connectivity index (χ0v) is 22.4. The first kappa shape index (κ1) is 48.4. The highest BCUT2D eigenvalue weighted by molar-refractivity contribution is 7.47. The van der Waals surface area contributed by atoms with Gasteiger partial charge in [0.15, 0.2) is 0 Å². The minimum Gasteiger partial charge on any atom is -0.344 e. The van der Waals surface area contributed by atoms with E-state index in [0.29, 0.717) is 0 Å². The summed E-state index contributed by atoms with van der Waals surface area (Å²) in [5, 5.41) is 0. The maximum atomic E-state index is 13.6. The van der Waals surface area contributed by atoms with Gasteiger partial charge in [0.25, 0.3) is 0 Å². The maximum absolute atomic E-state index is 13.6. The van der Waals surface area contributed by atoms with Crippen LogP contribution in [0.5, 0.6) is 0 Å². The van der Waals surface area contributed by atoms with Crippen molar-refractivity contribution in [1.29, 1.82) is 0 Å². The first-order valence-electron chi connectivity index (χ1n) is 10.4. The number of halogens is 26. The summed E-state index contributed by atoms with van der Waals surface area (Å²) in [5.41, 5.74) is 0. The highest BCUT2D eigenvalue weighted by Gasteiger charge is 2.92. The minimum absolute atomic E-state index is 0. The van der Waals surface area contributed by atoms with Crippen LogP contribution in [0.25, 0.3) is 0 Å². The van der Waals surface area contributed by atoms with E-state index < -0.39 is 105 Å². The van der Waals surface area contributed by atoms with Crippen LogP contribution in [0.1, 0.15) is 12.8 Å². The second kappa shape index (κ2) is 13.1. The molecule has 0 aromatic rings. The third-order valence-electron chi connectivity index (χ3n) is 5.34. The van der Waals surface area contributed by atoms with Crippen molar-refractivity contribution in [3.8, 4) is 0 Å². The van der Waals surface area contributed by atoms with Gasteiger partial charge in [0.05, 0.1) is 13.2 Å². The van der Waals surface area contributed by atoms with Crippen molar-refractivity contribution in [2.24, 2.45) is 0 Å². The van der Waals surface area contributed by atoms with Gasteiger partial charge in [0, 0.05) is 12.8 Å². The zero-order chi connectivity index (χ0) is 38.7. The Hall–Kier alpha value is -1.75. The molecule has 5 nitrogen and oxygen atoms in total. The van der Waals surface area contributed by atoms with Gasteiger partial charge in [-0.25, -0.2) is 4.57 Å². The van der Waals surface area contributed by atoms with Gasteiger partial charge in [-0.1, -0.05) is 0 Å². The molecule has 48 heavy (non-hydrogen) atoms. The van der Waals surface area contributed by atoms with Crippen molar-refractivity contribution in [3.05, 3.63) is 0 Å². The van der Waals surface area contributed by atoms with E-state index in [1.165, 1.54) is 0 Å². The smallest absolute Gasteiger partial charge is 0.344 e. The Morgan fingerprint density at radius 2 is 0.562 bits per heavy atom. The second-order valence-corrected chi connectivity index (χ2v) is 10.1. The zero-order valence-electron chi connectivity index (χ0n) is 21.5. The molecule has 0 aliphatic carbocycles. The van der Waals surface area contributed by atoms with Gasteiger partial charge in [-0.05, 0) is 0 Å². The average molecular weight is 807 g/mol. The van der Waals surface area contributed by atoms with Gasteiger partial charge in [0.2, 0.25) is 0 Å². The summed E-state index contributed by atoms with van der Waals surface area (Å²) in [6, 6.07) is 0. The molecule has 0 rings (SSSR count). The number of hydrogen-bond donors (Lipinski definition) is 2. The van der Waals surface area contributed by atoms with Crippen LogP contribution in [-0.4, -0.2) is 89.7 Å². The first-order valence-corrected chi connectivity index (χ1v) is 11.9. The van der Waals surface area contributed by atoms with Crippen molar-refractivity contribution in [1.82, 2.24) is 6.15 Å². The Bertz CT molecular complexity index is 1060. The molecule has 0 saturated heterocycles. The maximum Gasteiger partial charge on any atom is 0.472 e. The van der Waals surface area contributed by atoms with E-state index in [-0.39, 0.29) is 6.15 Å². The molecular weight excluding hydrogens is 795 g/mol. The van der Waals surface area contributed by atoms with E-state index in [1.807, 2.05) is 0 Å².